The van der Waals surface area contributed by atoms with Crippen LogP contribution in [-0.4, -0.2) is 17.6 Å². The fourth-order valence-electron chi connectivity index (χ4n) is 2.12. The van der Waals surface area contributed by atoms with Gasteiger partial charge in [0.25, 0.3) is 0 Å². The Labute approximate surface area is 113 Å². The Hall–Kier alpha value is -1.86. The lowest BCUT2D eigenvalue weighted by Crippen LogP contribution is -2.45. The minimum atomic E-state index is -0.469. The first-order valence-electron chi connectivity index (χ1n) is 6.37. The fourth-order valence-corrected chi connectivity index (χ4v) is 2.12. The lowest BCUT2D eigenvalue weighted by atomic mass is 9.94. The summed E-state index contributed by atoms with van der Waals surface area (Å²) in [5.74, 6) is -0.220. The first-order chi connectivity index (χ1) is 8.89. The van der Waals surface area contributed by atoms with Crippen molar-refractivity contribution >= 4 is 5.97 Å². The number of nitrogens with one attached hydrogen (secondary N) is 1. The van der Waals surface area contributed by atoms with Crippen molar-refractivity contribution in [3.63, 3.8) is 0 Å². The van der Waals surface area contributed by atoms with Crippen LogP contribution in [0.5, 0.6) is 0 Å². The Morgan fingerprint density at radius 2 is 2.16 bits per heavy atom. The van der Waals surface area contributed by atoms with Crippen molar-refractivity contribution in [2.45, 2.75) is 45.4 Å². The second-order valence-corrected chi connectivity index (χ2v) is 5.77. The van der Waals surface area contributed by atoms with E-state index >= 15 is 0 Å². The van der Waals surface area contributed by atoms with Crippen molar-refractivity contribution < 1.29 is 9.53 Å². The number of hydrogen-bond acceptors (Lipinski definition) is 4. The molecule has 0 saturated carbocycles. The van der Waals surface area contributed by atoms with Crippen molar-refractivity contribution in [2.24, 2.45) is 0 Å². The van der Waals surface area contributed by atoms with Crippen LogP contribution in [0.2, 0.25) is 0 Å². The molecule has 0 saturated heterocycles. The van der Waals surface area contributed by atoms with E-state index in [-0.39, 0.29) is 12.0 Å². The molecule has 1 heterocycles. The number of esters is 1. The summed E-state index contributed by atoms with van der Waals surface area (Å²) in [5, 5.41) is 12.0. The molecule has 1 atom stereocenters. The molecule has 0 amide bonds. The van der Waals surface area contributed by atoms with Crippen LogP contribution in [0.1, 0.15) is 37.5 Å². The zero-order valence-corrected chi connectivity index (χ0v) is 11.5. The summed E-state index contributed by atoms with van der Waals surface area (Å²) >= 11 is 0. The molecule has 0 aliphatic carbocycles. The summed E-state index contributed by atoms with van der Waals surface area (Å²) in [5.41, 5.74) is 2.37. The Morgan fingerprint density at radius 3 is 2.79 bits per heavy atom. The molecule has 1 aromatic carbocycles. The number of rotatable bonds is 1. The second kappa shape index (κ2) is 5.02. The Morgan fingerprint density at radius 1 is 1.42 bits per heavy atom. The molecule has 1 aromatic rings. The van der Waals surface area contributed by atoms with Gasteiger partial charge in [-0.15, -0.1) is 0 Å². The molecular weight excluding hydrogens is 240 g/mol. The van der Waals surface area contributed by atoms with E-state index in [0.717, 1.165) is 11.1 Å². The molecule has 2 rings (SSSR count). The van der Waals surface area contributed by atoms with Gasteiger partial charge in [0.2, 0.25) is 0 Å². The van der Waals surface area contributed by atoms with Crippen LogP contribution in [-0.2, 0) is 22.5 Å². The maximum atomic E-state index is 12.0. The van der Waals surface area contributed by atoms with Gasteiger partial charge in [0.05, 0.1) is 11.6 Å². The SMILES string of the molecule is CC(C)(C)OC(=O)C1Cc2ccc(C#N)cc2CN1. The van der Waals surface area contributed by atoms with E-state index in [1.54, 1.807) is 6.07 Å². The molecule has 1 aliphatic rings. The molecular formula is C15H18N2O2. The smallest absolute Gasteiger partial charge is 0.324 e. The second-order valence-electron chi connectivity index (χ2n) is 5.77. The van der Waals surface area contributed by atoms with Crippen molar-refractivity contribution in [3.05, 3.63) is 34.9 Å². The van der Waals surface area contributed by atoms with E-state index in [1.807, 2.05) is 32.9 Å². The van der Waals surface area contributed by atoms with Gasteiger partial charge in [0, 0.05) is 6.54 Å². The van der Waals surface area contributed by atoms with Crippen molar-refractivity contribution in [3.8, 4) is 6.07 Å². The topological polar surface area (TPSA) is 62.1 Å². The van der Waals surface area contributed by atoms with E-state index in [1.165, 1.54) is 0 Å². The predicted octanol–water partition coefficient (Wildman–Crippen LogP) is 1.91. The molecule has 0 fully saturated rings. The molecule has 0 radical (unpaired) electrons. The predicted molar refractivity (Wildman–Crippen MR) is 71.3 cm³/mol. The van der Waals surface area contributed by atoms with Gasteiger partial charge >= 0.3 is 5.97 Å². The number of fused-ring (bicyclic) bond motifs is 1. The molecule has 0 aromatic heterocycles. The van der Waals surface area contributed by atoms with Gasteiger partial charge in [-0.3, -0.25) is 4.79 Å². The largest absolute Gasteiger partial charge is 0.459 e. The van der Waals surface area contributed by atoms with E-state index in [9.17, 15) is 4.79 Å². The van der Waals surface area contributed by atoms with Gasteiger partial charge in [-0.1, -0.05) is 6.07 Å². The van der Waals surface area contributed by atoms with Gasteiger partial charge in [0.1, 0.15) is 11.6 Å². The number of nitrogens with zero attached hydrogens (tertiary/aromatic N) is 1. The highest BCUT2D eigenvalue weighted by Gasteiger charge is 2.28. The number of ether oxygens (including phenoxy) is 1. The maximum Gasteiger partial charge on any atom is 0.324 e. The molecule has 4 heteroatoms. The molecule has 19 heavy (non-hydrogen) atoms. The highest BCUT2D eigenvalue weighted by Crippen LogP contribution is 2.20. The van der Waals surface area contributed by atoms with Crippen LogP contribution in [0.25, 0.3) is 0 Å². The molecule has 100 valence electrons. The molecule has 1 N–H and O–H groups in total. The van der Waals surface area contributed by atoms with Crippen LogP contribution in [0.15, 0.2) is 18.2 Å². The van der Waals surface area contributed by atoms with Gasteiger partial charge < -0.3 is 10.1 Å². The van der Waals surface area contributed by atoms with E-state index in [4.69, 9.17) is 10.00 Å². The minimum Gasteiger partial charge on any atom is -0.459 e. The Kier molecular flexibility index (Phi) is 3.59. The number of carbonyl (C=O) groups excluding carboxylic acids is 1. The first-order valence-corrected chi connectivity index (χ1v) is 6.37. The lowest BCUT2D eigenvalue weighted by molar-refractivity contribution is -0.157. The zero-order chi connectivity index (χ0) is 14.0. The Bertz CT molecular complexity index is 538. The molecule has 4 nitrogen and oxygen atoms in total. The van der Waals surface area contributed by atoms with Crippen molar-refractivity contribution in [1.82, 2.24) is 5.32 Å². The number of hydrogen-bond donors (Lipinski definition) is 1. The van der Waals surface area contributed by atoms with Gasteiger partial charge in [-0.05, 0) is 50.5 Å². The monoisotopic (exact) mass is 258 g/mol. The third-order valence-corrected chi connectivity index (χ3v) is 2.99. The summed E-state index contributed by atoms with van der Waals surface area (Å²) in [6, 6.07) is 7.40. The quantitative estimate of drug-likeness (QED) is 0.782. The summed E-state index contributed by atoms with van der Waals surface area (Å²) < 4.78 is 5.38. The van der Waals surface area contributed by atoms with Gasteiger partial charge in [-0.25, -0.2) is 0 Å². The third kappa shape index (κ3) is 3.33. The van der Waals surface area contributed by atoms with Crippen LogP contribution in [0.3, 0.4) is 0 Å². The summed E-state index contributed by atoms with van der Waals surface area (Å²) in [7, 11) is 0. The fraction of sp³-hybridized carbons (Fsp3) is 0.467. The molecule has 1 aliphatic heterocycles. The highest BCUT2D eigenvalue weighted by molar-refractivity contribution is 5.77. The zero-order valence-electron chi connectivity index (χ0n) is 11.5. The number of benzene rings is 1. The third-order valence-electron chi connectivity index (χ3n) is 2.99. The first kappa shape index (κ1) is 13.6. The maximum absolute atomic E-state index is 12.0. The number of carbonyl (C=O) groups is 1. The normalized spacial score (nSPS) is 18.3. The van der Waals surface area contributed by atoms with E-state index < -0.39 is 5.60 Å². The molecule has 0 bridgehead atoms. The molecule has 0 spiro atoms. The summed E-state index contributed by atoms with van der Waals surface area (Å²) in [6.45, 7) is 6.18. The number of nitriles is 1. The van der Waals surface area contributed by atoms with E-state index in [2.05, 4.69) is 11.4 Å². The molecule has 1 unspecified atom stereocenters. The standard InChI is InChI=1S/C15H18N2O2/c1-15(2,3)19-14(18)13-7-11-5-4-10(8-16)6-12(11)9-17-13/h4-6,13,17H,7,9H2,1-3H3. The van der Waals surface area contributed by atoms with Gasteiger partial charge in [-0.2, -0.15) is 5.26 Å². The summed E-state index contributed by atoms with van der Waals surface area (Å²) in [6.07, 6.45) is 0.607. The highest BCUT2D eigenvalue weighted by atomic mass is 16.6. The average molecular weight is 258 g/mol. The summed E-state index contributed by atoms with van der Waals surface area (Å²) in [4.78, 5) is 12.0. The average Bonchev–Trinajstić information content (AvgIpc) is 2.35. The van der Waals surface area contributed by atoms with Crippen molar-refractivity contribution in [1.29, 1.82) is 5.26 Å². The van der Waals surface area contributed by atoms with Crippen LogP contribution in [0.4, 0.5) is 0 Å². The van der Waals surface area contributed by atoms with Crippen LogP contribution < -0.4 is 5.32 Å². The Balaban J connectivity index is 2.11. The lowest BCUT2D eigenvalue weighted by Gasteiger charge is -2.28. The van der Waals surface area contributed by atoms with Crippen LogP contribution in [0, 0.1) is 11.3 Å². The van der Waals surface area contributed by atoms with Crippen molar-refractivity contribution in [2.75, 3.05) is 0 Å². The van der Waals surface area contributed by atoms with E-state index in [0.29, 0.717) is 18.5 Å². The minimum absolute atomic E-state index is 0.220. The van der Waals surface area contributed by atoms with Crippen LogP contribution >= 0.6 is 0 Å². The van der Waals surface area contributed by atoms with Gasteiger partial charge in [0.15, 0.2) is 0 Å².